The number of benzene rings is 1. The van der Waals surface area contributed by atoms with Crippen LogP contribution in [0.1, 0.15) is 52.0 Å². The highest BCUT2D eigenvalue weighted by molar-refractivity contribution is 14.1. The smallest absolute Gasteiger partial charge is 0.0228 e. The fourth-order valence-electron chi connectivity index (χ4n) is 3.75. The molecular formula is C17H26IN. The second kappa shape index (κ2) is 5.72. The second-order valence-electron chi connectivity index (χ2n) is 7.20. The van der Waals surface area contributed by atoms with Gasteiger partial charge in [-0.1, -0.05) is 45.7 Å². The molecule has 2 heteroatoms. The van der Waals surface area contributed by atoms with Gasteiger partial charge in [0.2, 0.25) is 0 Å². The Hall–Kier alpha value is -0.0900. The van der Waals surface area contributed by atoms with E-state index in [4.69, 9.17) is 5.73 Å². The predicted octanol–water partition coefficient (Wildman–Crippen LogP) is 4.77. The Morgan fingerprint density at radius 3 is 2.42 bits per heavy atom. The van der Waals surface area contributed by atoms with E-state index in [2.05, 4.69) is 67.6 Å². The van der Waals surface area contributed by atoms with Crippen molar-refractivity contribution in [3.05, 3.63) is 33.4 Å². The summed E-state index contributed by atoms with van der Waals surface area (Å²) >= 11 is 2.36. The van der Waals surface area contributed by atoms with E-state index >= 15 is 0 Å². The lowest BCUT2D eigenvalue weighted by Gasteiger charge is -2.48. The Labute approximate surface area is 131 Å². The SMILES string of the molecule is CC(C)(C)C1CCCCC1(N)Cc1ccc(I)cc1. The van der Waals surface area contributed by atoms with Crippen molar-refractivity contribution in [1.82, 2.24) is 0 Å². The van der Waals surface area contributed by atoms with Crippen LogP contribution in [0.4, 0.5) is 0 Å². The van der Waals surface area contributed by atoms with Crippen LogP contribution < -0.4 is 5.73 Å². The average molecular weight is 371 g/mol. The Bertz CT molecular complexity index is 418. The first kappa shape index (κ1) is 15.3. The molecule has 1 aliphatic carbocycles. The van der Waals surface area contributed by atoms with Crippen LogP contribution in [-0.2, 0) is 6.42 Å². The topological polar surface area (TPSA) is 26.0 Å². The molecule has 1 saturated carbocycles. The Balaban J connectivity index is 2.21. The first-order valence-corrected chi connectivity index (χ1v) is 8.42. The van der Waals surface area contributed by atoms with Crippen molar-refractivity contribution in [1.29, 1.82) is 0 Å². The molecule has 2 N–H and O–H groups in total. The maximum atomic E-state index is 6.86. The minimum atomic E-state index is -0.0245. The number of nitrogens with two attached hydrogens (primary N) is 1. The van der Waals surface area contributed by atoms with Crippen molar-refractivity contribution in [2.24, 2.45) is 17.1 Å². The molecule has 2 rings (SSSR count). The predicted molar refractivity (Wildman–Crippen MR) is 91.2 cm³/mol. The fourth-order valence-corrected chi connectivity index (χ4v) is 4.11. The largest absolute Gasteiger partial charge is 0.325 e. The molecule has 1 nitrogen and oxygen atoms in total. The van der Waals surface area contributed by atoms with E-state index in [1.54, 1.807) is 0 Å². The van der Waals surface area contributed by atoms with E-state index in [0.29, 0.717) is 11.3 Å². The average Bonchev–Trinajstić information content (AvgIpc) is 2.31. The first-order valence-electron chi connectivity index (χ1n) is 7.35. The molecule has 0 aliphatic heterocycles. The number of rotatable bonds is 2. The van der Waals surface area contributed by atoms with Crippen LogP contribution in [0.3, 0.4) is 0 Å². The van der Waals surface area contributed by atoms with Crippen molar-refractivity contribution < 1.29 is 0 Å². The third-order valence-corrected chi connectivity index (χ3v) is 5.29. The Kier molecular flexibility index (Phi) is 4.61. The third kappa shape index (κ3) is 3.72. The number of halogens is 1. The minimum absolute atomic E-state index is 0.0245. The van der Waals surface area contributed by atoms with Gasteiger partial charge in [-0.2, -0.15) is 0 Å². The zero-order chi connectivity index (χ0) is 14.1. The molecule has 0 radical (unpaired) electrons. The molecule has 0 saturated heterocycles. The summed E-state index contributed by atoms with van der Waals surface area (Å²) in [6.07, 6.45) is 6.10. The first-order chi connectivity index (χ1) is 8.81. The summed E-state index contributed by atoms with van der Waals surface area (Å²) in [5.41, 5.74) is 8.53. The van der Waals surface area contributed by atoms with Crippen LogP contribution in [0.2, 0.25) is 0 Å². The summed E-state index contributed by atoms with van der Waals surface area (Å²) in [6.45, 7) is 7.04. The lowest BCUT2D eigenvalue weighted by Crippen LogP contribution is -2.55. The van der Waals surface area contributed by atoms with Crippen LogP contribution in [0.5, 0.6) is 0 Å². The molecule has 0 aromatic heterocycles. The van der Waals surface area contributed by atoms with Crippen molar-refractivity contribution in [2.45, 2.75) is 58.4 Å². The van der Waals surface area contributed by atoms with Crippen LogP contribution in [0.15, 0.2) is 24.3 Å². The van der Waals surface area contributed by atoms with E-state index < -0.39 is 0 Å². The van der Waals surface area contributed by atoms with E-state index in [-0.39, 0.29) is 5.54 Å². The van der Waals surface area contributed by atoms with E-state index in [1.165, 1.54) is 34.8 Å². The van der Waals surface area contributed by atoms with Gasteiger partial charge in [-0.25, -0.2) is 0 Å². The molecular weight excluding hydrogens is 345 g/mol. The van der Waals surface area contributed by atoms with Gasteiger partial charge in [0.05, 0.1) is 0 Å². The third-order valence-electron chi connectivity index (χ3n) is 4.57. The Morgan fingerprint density at radius 2 is 1.84 bits per heavy atom. The van der Waals surface area contributed by atoms with Crippen LogP contribution in [0, 0.1) is 14.9 Å². The molecule has 1 fully saturated rings. The molecule has 0 amide bonds. The molecule has 2 unspecified atom stereocenters. The summed E-state index contributed by atoms with van der Waals surface area (Å²) in [5, 5.41) is 0. The van der Waals surface area contributed by atoms with Crippen molar-refractivity contribution >= 4 is 22.6 Å². The van der Waals surface area contributed by atoms with Gasteiger partial charge in [-0.05, 0) is 70.9 Å². The molecule has 0 spiro atoms. The van der Waals surface area contributed by atoms with Gasteiger partial charge in [-0.3, -0.25) is 0 Å². The lowest BCUT2D eigenvalue weighted by molar-refractivity contribution is 0.0793. The lowest BCUT2D eigenvalue weighted by atomic mass is 9.61. The zero-order valence-corrected chi connectivity index (χ0v) is 14.5. The maximum Gasteiger partial charge on any atom is 0.0228 e. The molecule has 1 aromatic carbocycles. The molecule has 2 atom stereocenters. The summed E-state index contributed by atoms with van der Waals surface area (Å²) in [6, 6.07) is 8.86. The highest BCUT2D eigenvalue weighted by Crippen LogP contribution is 2.44. The molecule has 19 heavy (non-hydrogen) atoms. The summed E-state index contributed by atoms with van der Waals surface area (Å²) in [5.74, 6) is 0.619. The van der Waals surface area contributed by atoms with Crippen LogP contribution in [0.25, 0.3) is 0 Å². The Morgan fingerprint density at radius 1 is 1.21 bits per heavy atom. The van der Waals surface area contributed by atoms with E-state index in [0.717, 1.165) is 6.42 Å². The fraction of sp³-hybridized carbons (Fsp3) is 0.647. The van der Waals surface area contributed by atoms with Gasteiger partial charge in [0, 0.05) is 9.11 Å². The minimum Gasteiger partial charge on any atom is -0.325 e. The molecule has 0 bridgehead atoms. The summed E-state index contributed by atoms with van der Waals surface area (Å²) < 4.78 is 1.29. The van der Waals surface area contributed by atoms with Gasteiger partial charge in [0.15, 0.2) is 0 Å². The highest BCUT2D eigenvalue weighted by atomic mass is 127. The van der Waals surface area contributed by atoms with Gasteiger partial charge < -0.3 is 5.73 Å². The van der Waals surface area contributed by atoms with Gasteiger partial charge >= 0.3 is 0 Å². The maximum absolute atomic E-state index is 6.86. The number of hydrogen-bond acceptors (Lipinski definition) is 1. The van der Waals surface area contributed by atoms with Gasteiger partial charge in [0.1, 0.15) is 0 Å². The van der Waals surface area contributed by atoms with E-state index in [9.17, 15) is 0 Å². The zero-order valence-electron chi connectivity index (χ0n) is 12.4. The van der Waals surface area contributed by atoms with Gasteiger partial charge in [-0.15, -0.1) is 0 Å². The van der Waals surface area contributed by atoms with Crippen molar-refractivity contribution in [3.63, 3.8) is 0 Å². The summed E-state index contributed by atoms with van der Waals surface area (Å²) in [7, 11) is 0. The van der Waals surface area contributed by atoms with Gasteiger partial charge in [0.25, 0.3) is 0 Å². The highest BCUT2D eigenvalue weighted by Gasteiger charge is 2.43. The molecule has 0 heterocycles. The summed E-state index contributed by atoms with van der Waals surface area (Å²) in [4.78, 5) is 0. The van der Waals surface area contributed by atoms with Crippen molar-refractivity contribution in [3.8, 4) is 0 Å². The molecule has 1 aromatic rings. The van der Waals surface area contributed by atoms with E-state index in [1.807, 2.05) is 0 Å². The number of hydrogen-bond donors (Lipinski definition) is 1. The van der Waals surface area contributed by atoms with Crippen LogP contribution in [-0.4, -0.2) is 5.54 Å². The normalized spacial score (nSPS) is 28.4. The quantitative estimate of drug-likeness (QED) is 0.745. The molecule has 106 valence electrons. The monoisotopic (exact) mass is 371 g/mol. The van der Waals surface area contributed by atoms with Crippen molar-refractivity contribution in [2.75, 3.05) is 0 Å². The van der Waals surface area contributed by atoms with Crippen LogP contribution >= 0.6 is 22.6 Å². The molecule has 1 aliphatic rings. The standard InChI is InChI=1S/C17H26IN/c1-16(2,3)15-6-4-5-11-17(15,19)12-13-7-9-14(18)10-8-13/h7-10,15H,4-6,11-12,19H2,1-3H3. The second-order valence-corrected chi connectivity index (χ2v) is 8.45.